The lowest BCUT2D eigenvalue weighted by molar-refractivity contribution is 0.0673. The van der Waals surface area contributed by atoms with E-state index in [0.717, 1.165) is 18.5 Å². The zero-order valence-electron chi connectivity index (χ0n) is 11.6. The van der Waals surface area contributed by atoms with E-state index in [1.807, 2.05) is 0 Å². The molecule has 0 bridgehead atoms. The minimum absolute atomic E-state index is 0.410. The Bertz CT molecular complexity index is 214. The molecule has 2 aliphatic rings. The van der Waals surface area contributed by atoms with Crippen molar-refractivity contribution >= 4 is 0 Å². The molecule has 0 saturated carbocycles. The third kappa shape index (κ3) is 3.67. The number of hydrogen-bond donors (Lipinski definition) is 1. The SMILES string of the molecule is CCCN1CCC(N2CC(C)CC(N)C2)CC1. The Morgan fingerprint density at radius 3 is 2.47 bits per heavy atom. The zero-order chi connectivity index (χ0) is 12.3. The average molecular weight is 239 g/mol. The van der Waals surface area contributed by atoms with E-state index in [1.165, 1.54) is 51.9 Å². The first kappa shape index (κ1) is 13.3. The van der Waals surface area contributed by atoms with Gasteiger partial charge in [0.1, 0.15) is 0 Å². The Morgan fingerprint density at radius 2 is 1.88 bits per heavy atom. The van der Waals surface area contributed by atoms with Crippen molar-refractivity contribution in [2.24, 2.45) is 11.7 Å². The van der Waals surface area contributed by atoms with Crippen molar-refractivity contribution in [3.05, 3.63) is 0 Å². The van der Waals surface area contributed by atoms with Gasteiger partial charge in [0.05, 0.1) is 0 Å². The summed E-state index contributed by atoms with van der Waals surface area (Å²) in [4.78, 5) is 5.28. The second-order valence-electron chi connectivity index (χ2n) is 6.13. The predicted molar refractivity (Wildman–Crippen MR) is 73.1 cm³/mol. The topological polar surface area (TPSA) is 32.5 Å². The van der Waals surface area contributed by atoms with Crippen molar-refractivity contribution in [1.82, 2.24) is 9.80 Å². The minimum atomic E-state index is 0.410. The molecule has 17 heavy (non-hydrogen) atoms. The third-order valence-corrected chi connectivity index (χ3v) is 4.33. The molecule has 0 aromatic carbocycles. The summed E-state index contributed by atoms with van der Waals surface area (Å²) in [7, 11) is 0. The lowest BCUT2D eigenvalue weighted by atomic mass is 9.92. The van der Waals surface area contributed by atoms with E-state index >= 15 is 0 Å². The van der Waals surface area contributed by atoms with Crippen molar-refractivity contribution < 1.29 is 0 Å². The maximum absolute atomic E-state index is 6.15. The first-order chi connectivity index (χ1) is 8.19. The summed E-state index contributed by atoms with van der Waals surface area (Å²) in [6, 6.07) is 1.21. The van der Waals surface area contributed by atoms with Crippen LogP contribution in [0, 0.1) is 5.92 Å². The summed E-state index contributed by atoms with van der Waals surface area (Å²) >= 11 is 0. The number of piperidine rings is 2. The van der Waals surface area contributed by atoms with E-state index in [4.69, 9.17) is 5.73 Å². The first-order valence-electron chi connectivity index (χ1n) is 7.41. The van der Waals surface area contributed by atoms with Gasteiger partial charge in [0.15, 0.2) is 0 Å². The van der Waals surface area contributed by atoms with Crippen LogP contribution in [0.15, 0.2) is 0 Å². The Kier molecular flexibility index (Phi) is 4.83. The zero-order valence-corrected chi connectivity index (χ0v) is 11.6. The van der Waals surface area contributed by atoms with Gasteiger partial charge in [0, 0.05) is 25.2 Å². The van der Waals surface area contributed by atoms with E-state index in [0.29, 0.717) is 6.04 Å². The van der Waals surface area contributed by atoms with Crippen LogP contribution in [0.1, 0.15) is 39.5 Å². The van der Waals surface area contributed by atoms with Crippen molar-refractivity contribution in [1.29, 1.82) is 0 Å². The second kappa shape index (κ2) is 6.17. The summed E-state index contributed by atoms with van der Waals surface area (Å²) in [6.45, 7) is 10.9. The number of nitrogens with zero attached hydrogens (tertiary/aromatic N) is 2. The molecule has 2 rings (SSSR count). The first-order valence-corrected chi connectivity index (χ1v) is 7.41. The van der Waals surface area contributed by atoms with E-state index in [2.05, 4.69) is 23.6 Å². The fourth-order valence-corrected chi connectivity index (χ4v) is 3.56. The summed E-state index contributed by atoms with van der Waals surface area (Å²) in [5.74, 6) is 0.785. The Hall–Kier alpha value is -0.120. The monoisotopic (exact) mass is 239 g/mol. The number of nitrogens with two attached hydrogens (primary N) is 1. The van der Waals surface area contributed by atoms with Crippen LogP contribution in [0.4, 0.5) is 0 Å². The van der Waals surface area contributed by atoms with Crippen LogP contribution in [-0.2, 0) is 0 Å². The molecule has 2 aliphatic heterocycles. The molecule has 2 fully saturated rings. The van der Waals surface area contributed by atoms with E-state index in [-0.39, 0.29) is 0 Å². The molecule has 2 N–H and O–H groups in total. The van der Waals surface area contributed by atoms with Gasteiger partial charge >= 0.3 is 0 Å². The molecule has 0 aromatic heterocycles. The molecule has 2 atom stereocenters. The van der Waals surface area contributed by atoms with Gasteiger partial charge in [-0.15, -0.1) is 0 Å². The predicted octanol–water partition coefficient (Wildman–Crippen LogP) is 1.53. The Balaban J connectivity index is 1.79. The average Bonchev–Trinajstić information content (AvgIpc) is 2.29. The fraction of sp³-hybridized carbons (Fsp3) is 1.00. The molecule has 0 spiro atoms. The smallest absolute Gasteiger partial charge is 0.0170 e. The van der Waals surface area contributed by atoms with Crippen molar-refractivity contribution in [2.75, 3.05) is 32.7 Å². The van der Waals surface area contributed by atoms with Gasteiger partial charge in [0.2, 0.25) is 0 Å². The molecule has 2 unspecified atom stereocenters. The van der Waals surface area contributed by atoms with E-state index in [9.17, 15) is 0 Å². The number of likely N-dealkylation sites (tertiary alicyclic amines) is 2. The largest absolute Gasteiger partial charge is 0.327 e. The summed E-state index contributed by atoms with van der Waals surface area (Å²) in [5, 5.41) is 0. The van der Waals surface area contributed by atoms with Crippen LogP contribution in [0.2, 0.25) is 0 Å². The molecular weight excluding hydrogens is 210 g/mol. The molecule has 0 amide bonds. The highest BCUT2D eigenvalue weighted by Crippen LogP contribution is 2.23. The van der Waals surface area contributed by atoms with Gasteiger partial charge in [-0.2, -0.15) is 0 Å². The normalized spacial score (nSPS) is 34.1. The van der Waals surface area contributed by atoms with Crippen LogP contribution >= 0.6 is 0 Å². The molecule has 2 heterocycles. The highest BCUT2D eigenvalue weighted by molar-refractivity contribution is 4.86. The minimum Gasteiger partial charge on any atom is -0.327 e. The fourth-order valence-electron chi connectivity index (χ4n) is 3.56. The molecule has 0 radical (unpaired) electrons. The maximum Gasteiger partial charge on any atom is 0.0170 e. The molecule has 3 heteroatoms. The van der Waals surface area contributed by atoms with Crippen LogP contribution in [-0.4, -0.2) is 54.6 Å². The van der Waals surface area contributed by atoms with E-state index in [1.54, 1.807) is 0 Å². The van der Waals surface area contributed by atoms with Crippen LogP contribution in [0.5, 0.6) is 0 Å². The van der Waals surface area contributed by atoms with Gasteiger partial charge in [-0.3, -0.25) is 4.90 Å². The number of hydrogen-bond acceptors (Lipinski definition) is 3. The van der Waals surface area contributed by atoms with Crippen molar-refractivity contribution in [3.63, 3.8) is 0 Å². The van der Waals surface area contributed by atoms with Gasteiger partial charge in [-0.05, 0) is 51.2 Å². The van der Waals surface area contributed by atoms with Crippen LogP contribution < -0.4 is 5.73 Å². The maximum atomic E-state index is 6.15. The van der Waals surface area contributed by atoms with Gasteiger partial charge < -0.3 is 10.6 Å². The van der Waals surface area contributed by atoms with Crippen LogP contribution in [0.25, 0.3) is 0 Å². The highest BCUT2D eigenvalue weighted by Gasteiger charge is 2.29. The molecule has 3 nitrogen and oxygen atoms in total. The van der Waals surface area contributed by atoms with Crippen LogP contribution in [0.3, 0.4) is 0 Å². The standard InChI is InChI=1S/C14H29N3/c1-3-6-16-7-4-14(5-8-16)17-10-12(2)9-13(15)11-17/h12-14H,3-11,15H2,1-2H3. The Morgan fingerprint density at radius 1 is 1.18 bits per heavy atom. The van der Waals surface area contributed by atoms with E-state index < -0.39 is 0 Å². The Labute approximate surface area is 106 Å². The molecule has 0 aromatic rings. The summed E-state index contributed by atoms with van der Waals surface area (Å²) < 4.78 is 0. The van der Waals surface area contributed by atoms with Gasteiger partial charge in [0.25, 0.3) is 0 Å². The highest BCUT2D eigenvalue weighted by atomic mass is 15.2. The molecule has 2 saturated heterocycles. The quantitative estimate of drug-likeness (QED) is 0.811. The van der Waals surface area contributed by atoms with Crippen molar-refractivity contribution in [2.45, 2.75) is 51.6 Å². The van der Waals surface area contributed by atoms with Gasteiger partial charge in [-0.25, -0.2) is 0 Å². The third-order valence-electron chi connectivity index (χ3n) is 4.33. The summed E-state index contributed by atoms with van der Waals surface area (Å²) in [6.07, 6.45) is 5.19. The lowest BCUT2D eigenvalue weighted by Gasteiger charge is -2.43. The lowest BCUT2D eigenvalue weighted by Crippen LogP contribution is -2.53. The molecule has 0 aliphatic carbocycles. The summed E-state index contributed by atoms with van der Waals surface area (Å²) in [5.41, 5.74) is 6.15. The molecule has 100 valence electrons. The second-order valence-corrected chi connectivity index (χ2v) is 6.13. The number of rotatable bonds is 3. The van der Waals surface area contributed by atoms with Gasteiger partial charge in [-0.1, -0.05) is 13.8 Å². The van der Waals surface area contributed by atoms with Crippen molar-refractivity contribution in [3.8, 4) is 0 Å². The molecular formula is C14H29N3.